The summed E-state index contributed by atoms with van der Waals surface area (Å²) in [7, 11) is -3.22. The van der Waals surface area contributed by atoms with Crippen molar-refractivity contribution < 1.29 is 22.7 Å². The molecule has 3 rings (SSSR count). The van der Waals surface area contributed by atoms with Crippen molar-refractivity contribution in [3.05, 3.63) is 42.6 Å². The summed E-state index contributed by atoms with van der Waals surface area (Å²) in [5.74, 6) is 0.478. The summed E-state index contributed by atoms with van der Waals surface area (Å²) in [5, 5.41) is 0. The van der Waals surface area contributed by atoms with E-state index in [-0.39, 0.29) is 17.0 Å². The van der Waals surface area contributed by atoms with Crippen LogP contribution in [0.3, 0.4) is 0 Å². The number of hydrogen-bond acceptors (Lipinski definition) is 6. The zero-order chi connectivity index (χ0) is 22.6. The van der Waals surface area contributed by atoms with E-state index in [1.807, 2.05) is 26.8 Å². The number of carbonyl (C=O) groups is 1. The van der Waals surface area contributed by atoms with E-state index in [1.54, 1.807) is 41.4 Å². The molecule has 0 N–H and O–H groups in total. The van der Waals surface area contributed by atoms with Gasteiger partial charge < -0.3 is 14.4 Å². The molecule has 1 aliphatic heterocycles. The number of ether oxygens (including phenoxy) is 2. The molecule has 2 heterocycles. The van der Waals surface area contributed by atoms with Crippen LogP contribution in [0.25, 0.3) is 11.1 Å². The predicted octanol–water partition coefficient (Wildman–Crippen LogP) is 4.32. The Bertz CT molecular complexity index is 996. The third kappa shape index (κ3) is 6.43. The largest absolute Gasteiger partial charge is 0.475 e. The number of amides is 1. The van der Waals surface area contributed by atoms with Crippen LogP contribution in [0.1, 0.15) is 40.0 Å². The van der Waals surface area contributed by atoms with Gasteiger partial charge in [0.15, 0.2) is 9.84 Å². The van der Waals surface area contributed by atoms with E-state index in [0.717, 1.165) is 30.4 Å². The zero-order valence-corrected chi connectivity index (χ0v) is 19.3. The number of hydrogen-bond donors (Lipinski definition) is 0. The number of rotatable bonds is 5. The van der Waals surface area contributed by atoms with Gasteiger partial charge >= 0.3 is 6.09 Å². The molecule has 7 nitrogen and oxygen atoms in total. The Morgan fingerprint density at radius 1 is 1.10 bits per heavy atom. The second-order valence-corrected chi connectivity index (χ2v) is 10.8. The van der Waals surface area contributed by atoms with E-state index < -0.39 is 15.4 Å². The Balaban J connectivity index is 1.62. The van der Waals surface area contributed by atoms with E-state index in [1.165, 1.54) is 6.26 Å². The molecule has 0 aliphatic carbocycles. The minimum Gasteiger partial charge on any atom is -0.475 e. The molecule has 1 aromatic carbocycles. The lowest BCUT2D eigenvalue weighted by Gasteiger charge is -2.36. The number of aromatic nitrogens is 1. The van der Waals surface area contributed by atoms with E-state index in [9.17, 15) is 13.2 Å². The monoisotopic (exact) mass is 446 g/mol. The fourth-order valence-electron chi connectivity index (χ4n) is 3.45. The van der Waals surface area contributed by atoms with E-state index in [2.05, 4.69) is 4.98 Å². The first-order valence-electron chi connectivity index (χ1n) is 10.4. The summed E-state index contributed by atoms with van der Waals surface area (Å²) < 4.78 is 34.6. The van der Waals surface area contributed by atoms with Gasteiger partial charge in [-0.05, 0) is 63.8 Å². The minimum absolute atomic E-state index is 0.0476. The van der Waals surface area contributed by atoms with Gasteiger partial charge in [-0.1, -0.05) is 12.1 Å². The standard InChI is InChI=1S/C23H30N2O5S/c1-23(2,3)30-22(26)25-14-6-5-7-19(25)16-29-21-13-10-18(15-24-21)17-8-11-20(12-9-17)31(4,27)28/h8-13,15,19H,5-7,14,16H2,1-4H3. The Kier molecular flexibility index (Phi) is 6.89. The van der Waals surface area contributed by atoms with Gasteiger partial charge in [0.2, 0.25) is 5.88 Å². The van der Waals surface area contributed by atoms with Crippen LogP contribution in [0.2, 0.25) is 0 Å². The molecule has 1 fully saturated rings. The lowest BCUT2D eigenvalue weighted by atomic mass is 10.0. The van der Waals surface area contributed by atoms with E-state index in [4.69, 9.17) is 9.47 Å². The molecule has 1 aromatic heterocycles. The van der Waals surface area contributed by atoms with Crippen molar-refractivity contribution in [1.82, 2.24) is 9.88 Å². The third-order valence-corrected chi connectivity index (χ3v) is 6.16. The Hall–Kier alpha value is -2.61. The minimum atomic E-state index is -3.22. The average Bonchev–Trinajstić information content (AvgIpc) is 2.71. The average molecular weight is 447 g/mol. The number of sulfone groups is 1. The van der Waals surface area contributed by atoms with Crippen LogP contribution in [-0.2, 0) is 14.6 Å². The summed E-state index contributed by atoms with van der Waals surface area (Å²) in [6, 6.07) is 10.3. The number of pyridine rings is 1. The van der Waals surface area contributed by atoms with Gasteiger partial charge in [-0.2, -0.15) is 0 Å². The van der Waals surface area contributed by atoms with Gasteiger partial charge in [0.05, 0.1) is 10.9 Å². The summed E-state index contributed by atoms with van der Waals surface area (Å²) in [5.41, 5.74) is 1.20. The van der Waals surface area contributed by atoms with Gasteiger partial charge in [-0.3, -0.25) is 0 Å². The lowest BCUT2D eigenvalue weighted by Crippen LogP contribution is -2.48. The maximum atomic E-state index is 12.5. The maximum absolute atomic E-state index is 12.5. The number of likely N-dealkylation sites (tertiary alicyclic amines) is 1. The van der Waals surface area contributed by atoms with Crippen molar-refractivity contribution in [3.63, 3.8) is 0 Å². The van der Waals surface area contributed by atoms with Crippen LogP contribution in [-0.4, -0.2) is 55.4 Å². The first kappa shape index (κ1) is 23.1. The van der Waals surface area contributed by atoms with Gasteiger partial charge in [0.25, 0.3) is 0 Å². The molecular formula is C23H30N2O5S. The summed E-state index contributed by atoms with van der Waals surface area (Å²) in [6.45, 7) is 6.61. The molecule has 0 spiro atoms. The molecule has 1 unspecified atom stereocenters. The van der Waals surface area contributed by atoms with E-state index in [0.29, 0.717) is 19.0 Å². The summed E-state index contributed by atoms with van der Waals surface area (Å²) >= 11 is 0. The Labute approximate surface area is 184 Å². The van der Waals surface area contributed by atoms with E-state index >= 15 is 0 Å². The number of carbonyl (C=O) groups excluding carboxylic acids is 1. The molecule has 0 saturated carbocycles. The highest BCUT2D eigenvalue weighted by Crippen LogP contribution is 2.24. The predicted molar refractivity (Wildman–Crippen MR) is 119 cm³/mol. The highest BCUT2D eigenvalue weighted by Gasteiger charge is 2.31. The number of nitrogens with zero attached hydrogens (tertiary/aromatic N) is 2. The first-order valence-corrected chi connectivity index (χ1v) is 12.3. The second kappa shape index (κ2) is 9.26. The maximum Gasteiger partial charge on any atom is 0.410 e. The molecule has 31 heavy (non-hydrogen) atoms. The third-order valence-electron chi connectivity index (χ3n) is 5.03. The lowest BCUT2D eigenvalue weighted by molar-refractivity contribution is 0.00335. The van der Waals surface area contributed by atoms with Crippen molar-refractivity contribution in [2.75, 3.05) is 19.4 Å². The van der Waals surface area contributed by atoms with Crippen molar-refractivity contribution in [2.45, 2.75) is 56.6 Å². The zero-order valence-electron chi connectivity index (χ0n) is 18.5. The van der Waals surface area contributed by atoms with Gasteiger partial charge in [0.1, 0.15) is 12.2 Å². The molecule has 0 bridgehead atoms. The van der Waals surface area contributed by atoms with Gasteiger partial charge in [-0.25, -0.2) is 18.2 Å². The fourth-order valence-corrected chi connectivity index (χ4v) is 4.08. The van der Waals surface area contributed by atoms with Crippen LogP contribution in [0.15, 0.2) is 47.5 Å². The van der Waals surface area contributed by atoms with Gasteiger partial charge in [-0.15, -0.1) is 0 Å². The number of benzene rings is 1. The van der Waals surface area contributed by atoms with Crippen LogP contribution in [0, 0.1) is 0 Å². The molecule has 1 atom stereocenters. The molecule has 8 heteroatoms. The quantitative estimate of drug-likeness (QED) is 0.680. The second-order valence-electron chi connectivity index (χ2n) is 8.82. The summed E-state index contributed by atoms with van der Waals surface area (Å²) in [4.78, 5) is 18.9. The smallest absolute Gasteiger partial charge is 0.410 e. The molecular weight excluding hydrogens is 416 g/mol. The summed E-state index contributed by atoms with van der Waals surface area (Å²) in [6.07, 6.45) is 5.44. The van der Waals surface area contributed by atoms with Crippen LogP contribution in [0.5, 0.6) is 5.88 Å². The molecule has 1 aliphatic rings. The van der Waals surface area contributed by atoms with Gasteiger partial charge in [0, 0.05) is 30.6 Å². The number of piperidine rings is 1. The molecule has 2 aromatic rings. The Morgan fingerprint density at radius 2 is 1.77 bits per heavy atom. The molecule has 1 saturated heterocycles. The topological polar surface area (TPSA) is 85.8 Å². The highest BCUT2D eigenvalue weighted by atomic mass is 32.2. The van der Waals surface area contributed by atoms with Crippen LogP contribution < -0.4 is 4.74 Å². The van der Waals surface area contributed by atoms with Crippen molar-refractivity contribution in [3.8, 4) is 17.0 Å². The molecule has 168 valence electrons. The molecule has 1 amide bonds. The van der Waals surface area contributed by atoms with Crippen molar-refractivity contribution in [1.29, 1.82) is 0 Å². The Morgan fingerprint density at radius 3 is 2.35 bits per heavy atom. The SMILES string of the molecule is CC(C)(C)OC(=O)N1CCCCC1COc1ccc(-c2ccc(S(C)(=O)=O)cc2)cn1. The van der Waals surface area contributed by atoms with Crippen molar-refractivity contribution in [2.24, 2.45) is 0 Å². The van der Waals surface area contributed by atoms with Crippen LogP contribution >= 0.6 is 0 Å². The normalized spacial score (nSPS) is 17.3. The fraction of sp³-hybridized carbons (Fsp3) is 0.478. The van der Waals surface area contributed by atoms with Crippen molar-refractivity contribution >= 4 is 15.9 Å². The van der Waals surface area contributed by atoms with Crippen LogP contribution in [0.4, 0.5) is 4.79 Å². The highest BCUT2D eigenvalue weighted by molar-refractivity contribution is 7.90. The first-order chi connectivity index (χ1) is 14.5. The molecule has 0 radical (unpaired) electrons.